The molecule has 32 heavy (non-hydrogen) atoms. The summed E-state index contributed by atoms with van der Waals surface area (Å²) < 4.78 is 28.8. The summed E-state index contributed by atoms with van der Waals surface area (Å²) in [6, 6.07) is 13.1. The lowest BCUT2D eigenvalue weighted by Gasteiger charge is -2.55. The molecule has 1 N–H and O–H groups in total. The van der Waals surface area contributed by atoms with Crippen molar-refractivity contribution in [2.75, 3.05) is 6.54 Å². The van der Waals surface area contributed by atoms with E-state index in [1.165, 1.54) is 28.8 Å². The first-order valence-electron chi connectivity index (χ1n) is 11.8. The van der Waals surface area contributed by atoms with Crippen LogP contribution in [0.25, 0.3) is 0 Å². The Balaban J connectivity index is 1.58. The first-order chi connectivity index (χ1) is 15.1. The second-order valence-electron chi connectivity index (χ2n) is 10.6. The van der Waals surface area contributed by atoms with Crippen molar-refractivity contribution in [2.45, 2.75) is 76.0 Å². The fourth-order valence-corrected chi connectivity index (χ4v) is 7.46. The molecule has 2 aliphatic carbocycles. The molecule has 5 heteroatoms. The highest BCUT2D eigenvalue weighted by atomic mass is 32.2. The SMILES string of the molecule is CC(C)c1ccc2c(c1)CC[C@H]1[C@](C)(CNS(=O)(=O)c3ccc(C=O)cc3)CCC[C@]21C. The van der Waals surface area contributed by atoms with E-state index in [0.717, 1.165) is 38.4 Å². The van der Waals surface area contributed by atoms with E-state index in [-0.39, 0.29) is 15.7 Å². The summed E-state index contributed by atoms with van der Waals surface area (Å²) >= 11 is 0. The lowest BCUT2D eigenvalue weighted by Crippen LogP contribution is -2.53. The van der Waals surface area contributed by atoms with E-state index < -0.39 is 10.0 Å². The minimum Gasteiger partial charge on any atom is -0.298 e. The zero-order valence-corrected chi connectivity index (χ0v) is 20.5. The van der Waals surface area contributed by atoms with Crippen molar-refractivity contribution in [1.29, 1.82) is 0 Å². The summed E-state index contributed by atoms with van der Waals surface area (Å²) in [6.07, 6.45) is 6.16. The molecule has 172 valence electrons. The van der Waals surface area contributed by atoms with E-state index >= 15 is 0 Å². The van der Waals surface area contributed by atoms with Crippen LogP contribution in [0.2, 0.25) is 0 Å². The zero-order chi connectivity index (χ0) is 23.1. The lowest BCUT2D eigenvalue weighted by molar-refractivity contribution is 0.0299. The van der Waals surface area contributed by atoms with Gasteiger partial charge in [0, 0.05) is 12.1 Å². The molecule has 1 saturated carbocycles. The van der Waals surface area contributed by atoms with Gasteiger partial charge in [0.15, 0.2) is 0 Å². The number of carbonyl (C=O) groups excluding carboxylic acids is 1. The number of carbonyl (C=O) groups is 1. The second kappa shape index (κ2) is 8.42. The Bertz CT molecular complexity index is 1110. The fraction of sp³-hybridized carbons (Fsp3) is 0.519. The third-order valence-corrected chi connectivity index (χ3v) is 9.58. The van der Waals surface area contributed by atoms with Gasteiger partial charge in [-0.2, -0.15) is 0 Å². The topological polar surface area (TPSA) is 63.2 Å². The van der Waals surface area contributed by atoms with Crippen LogP contribution in [0.15, 0.2) is 47.4 Å². The van der Waals surface area contributed by atoms with Gasteiger partial charge in [-0.1, -0.05) is 64.4 Å². The molecule has 0 bridgehead atoms. The van der Waals surface area contributed by atoms with E-state index in [1.807, 2.05) is 0 Å². The van der Waals surface area contributed by atoms with E-state index in [2.05, 4.69) is 50.6 Å². The number of fused-ring (bicyclic) bond motifs is 3. The highest BCUT2D eigenvalue weighted by Gasteiger charge is 2.51. The normalized spacial score (nSPS) is 27.6. The molecular weight excluding hydrogens is 418 g/mol. The minimum absolute atomic E-state index is 0.0765. The standard InChI is InChI=1S/C27H35NO3S/c1-19(2)21-8-12-24-22(16-21)9-13-25-26(3,14-5-15-27(24,25)4)18-28-32(30,31)23-10-6-20(17-29)7-11-23/h6-8,10-12,16-17,19,25,28H,5,9,13-15,18H2,1-4H3/t25-,26-,27+/m0/s1. The Labute approximate surface area is 192 Å². The largest absolute Gasteiger partial charge is 0.298 e. The summed E-state index contributed by atoms with van der Waals surface area (Å²) in [7, 11) is -3.62. The van der Waals surface area contributed by atoms with Crippen LogP contribution in [0.5, 0.6) is 0 Å². The number of sulfonamides is 1. The Hall–Kier alpha value is -1.98. The predicted octanol–water partition coefficient (Wildman–Crippen LogP) is 5.61. The van der Waals surface area contributed by atoms with Crippen LogP contribution in [0.4, 0.5) is 0 Å². The van der Waals surface area contributed by atoms with Gasteiger partial charge in [0.25, 0.3) is 0 Å². The average Bonchev–Trinajstić information content (AvgIpc) is 2.77. The molecule has 0 aliphatic heterocycles. The quantitative estimate of drug-likeness (QED) is 0.578. The van der Waals surface area contributed by atoms with Gasteiger partial charge in [-0.15, -0.1) is 0 Å². The summed E-state index contributed by atoms with van der Waals surface area (Å²) in [4.78, 5) is 11.1. The highest BCUT2D eigenvalue weighted by molar-refractivity contribution is 7.89. The molecule has 4 nitrogen and oxygen atoms in total. The Kier molecular flexibility index (Phi) is 6.10. The van der Waals surface area contributed by atoms with Crippen LogP contribution in [0.3, 0.4) is 0 Å². The summed E-state index contributed by atoms with van der Waals surface area (Å²) in [6.45, 7) is 9.58. The number of hydrogen-bond donors (Lipinski definition) is 1. The monoisotopic (exact) mass is 453 g/mol. The number of aldehydes is 1. The second-order valence-corrected chi connectivity index (χ2v) is 12.4. The van der Waals surface area contributed by atoms with E-state index in [4.69, 9.17) is 0 Å². The van der Waals surface area contributed by atoms with Crippen molar-refractivity contribution < 1.29 is 13.2 Å². The maximum atomic E-state index is 13.0. The third kappa shape index (κ3) is 4.06. The van der Waals surface area contributed by atoms with Crippen molar-refractivity contribution in [2.24, 2.45) is 11.3 Å². The van der Waals surface area contributed by atoms with Crippen LogP contribution < -0.4 is 4.72 Å². The Morgan fingerprint density at radius 3 is 2.47 bits per heavy atom. The molecule has 0 spiro atoms. The summed E-state index contributed by atoms with van der Waals surface area (Å²) in [5.41, 5.74) is 4.80. The zero-order valence-electron chi connectivity index (χ0n) is 19.6. The fourth-order valence-electron chi connectivity index (χ4n) is 6.28. The van der Waals surface area contributed by atoms with Crippen LogP contribution in [0, 0.1) is 11.3 Å². The molecule has 0 aromatic heterocycles. The van der Waals surface area contributed by atoms with Crippen molar-refractivity contribution >= 4 is 16.3 Å². The molecule has 4 rings (SSSR count). The van der Waals surface area contributed by atoms with Crippen LogP contribution in [-0.4, -0.2) is 21.2 Å². The van der Waals surface area contributed by atoms with Crippen LogP contribution in [-0.2, 0) is 21.9 Å². The maximum absolute atomic E-state index is 13.0. The number of aryl methyl sites for hydroxylation is 1. The third-order valence-electron chi connectivity index (χ3n) is 8.16. The molecule has 2 aromatic carbocycles. The van der Waals surface area contributed by atoms with Gasteiger partial charge in [-0.3, -0.25) is 4.79 Å². The summed E-state index contributed by atoms with van der Waals surface area (Å²) in [5, 5.41) is 0. The number of nitrogens with one attached hydrogen (secondary N) is 1. The number of hydrogen-bond acceptors (Lipinski definition) is 3. The van der Waals surface area contributed by atoms with Gasteiger partial charge in [-0.05, 0) is 77.2 Å². The Morgan fingerprint density at radius 1 is 1.09 bits per heavy atom. The van der Waals surface area contributed by atoms with Gasteiger partial charge in [0.2, 0.25) is 10.0 Å². The molecule has 0 amide bonds. The van der Waals surface area contributed by atoms with Crippen molar-refractivity contribution in [3.63, 3.8) is 0 Å². The molecule has 0 radical (unpaired) electrons. The van der Waals surface area contributed by atoms with Gasteiger partial charge < -0.3 is 0 Å². The first-order valence-corrected chi connectivity index (χ1v) is 13.3. The average molecular weight is 454 g/mol. The first kappa shape index (κ1) is 23.2. The molecule has 2 aliphatic rings. The predicted molar refractivity (Wildman–Crippen MR) is 129 cm³/mol. The molecule has 3 atom stereocenters. The molecule has 0 unspecified atom stereocenters. The maximum Gasteiger partial charge on any atom is 0.240 e. The van der Waals surface area contributed by atoms with Crippen molar-refractivity contribution in [1.82, 2.24) is 4.72 Å². The molecule has 1 fully saturated rings. The lowest BCUT2D eigenvalue weighted by atomic mass is 9.50. The minimum atomic E-state index is -3.62. The molecule has 0 heterocycles. The van der Waals surface area contributed by atoms with Crippen molar-refractivity contribution in [3.8, 4) is 0 Å². The smallest absolute Gasteiger partial charge is 0.240 e. The van der Waals surface area contributed by atoms with E-state index in [0.29, 0.717) is 23.9 Å². The van der Waals surface area contributed by atoms with Crippen LogP contribution in [0.1, 0.15) is 86.3 Å². The number of benzene rings is 2. The summed E-state index contributed by atoms with van der Waals surface area (Å²) in [5.74, 6) is 0.957. The van der Waals surface area contributed by atoms with E-state index in [1.54, 1.807) is 12.1 Å². The van der Waals surface area contributed by atoms with E-state index in [9.17, 15) is 13.2 Å². The van der Waals surface area contributed by atoms with Crippen molar-refractivity contribution in [3.05, 3.63) is 64.7 Å². The van der Waals surface area contributed by atoms with Gasteiger partial charge in [-0.25, -0.2) is 13.1 Å². The molecule has 0 saturated heterocycles. The van der Waals surface area contributed by atoms with Gasteiger partial charge in [0.1, 0.15) is 6.29 Å². The van der Waals surface area contributed by atoms with Crippen LogP contribution >= 0.6 is 0 Å². The Morgan fingerprint density at radius 2 is 1.81 bits per heavy atom. The molecule has 2 aromatic rings. The van der Waals surface area contributed by atoms with Gasteiger partial charge in [0.05, 0.1) is 4.90 Å². The van der Waals surface area contributed by atoms with Gasteiger partial charge >= 0.3 is 0 Å². The number of rotatable bonds is 6. The highest BCUT2D eigenvalue weighted by Crippen LogP contribution is 2.57. The molecular formula is C27H35NO3S.